The number of hydrogen-bond acceptors (Lipinski definition) is 3. The predicted molar refractivity (Wildman–Crippen MR) is 80.8 cm³/mol. The minimum Gasteiger partial charge on any atom is -0.319 e. The number of benzene rings is 2. The predicted octanol–water partition coefficient (Wildman–Crippen LogP) is 3.17. The molecule has 0 fully saturated rings. The van der Waals surface area contributed by atoms with Gasteiger partial charge in [-0.3, -0.25) is 4.79 Å². The molecule has 5 nitrogen and oxygen atoms in total. The summed E-state index contributed by atoms with van der Waals surface area (Å²) in [4.78, 5) is 13.5. The van der Waals surface area contributed by atoms with E-state index in [0.717, 1.165) is 5.69 Å². The average Bonchev–Trinajstić information content (AvgIpc) is 3.00. The van der Waals surface area contributed by atoms with E-state index >= 15 is 0 Å². The van der Waals surface area contributed by atoms with Crippen molar-refractivity contribution < 1.29 is 4.79 Å². The van der Waals surface area contributed by atoms with E-state index in [1.165, 1.54) is 11.0 Å². The van der Waals surface area contributed by atoms with Gasteiger partial charge in [0.15, 0.2) is 5.69 Å². The summed E-state index contributed by atoms with van der Waals surface area (Å²) in [5, 5.41) is 11.4. The van der Waals surface area contributed by atoms with Crippen molar-refractivity contribution in [1.82, 2.24) is 15.0 Å². The largest absolute Gasteiger partial charge is 0.319 e. The molecular weight excluding hydrogens is 288 g/mol. The Balaban J connectivity index is 1.80. The smallest absolute Gasteiger partial charge is 0.277 e. The summed E-state index contributed by atoms with van der Waals surface area (Å²) in [6.45, 7) is 0. The van der Waals surface area contributed by atoms with Crippen molar-refractivity contribution >= 4 is 23.2 Å². The highest BCUT2D eigenvalue weighted by Gasteiger charge is 2.12. The van der Waals surface area contributed by atoms with Crippen molar-refractivity contribution in [2.75, 3.05) is 5.32 Å². The molecule has 6 heteroatoms. The van der Waals surface area contributed by atoms with E-state index in [1.54, 1.807) is 24.3 Å². The van der Waals surface area contributed by atoms with Crippen molar-refractivity contribution in [3.05, 3.63) is 71.5 Å². The number of carbonyl (C=O) groups is 1. The molecule has 21 heavy (non-hydrogen) atoms. The number of halogens is 1. The van der Waals surface area contributed by atoms with Crippen molar-refractivity contribution in [1.29, 1.82) is 0 Å². The Kier molecular flexibility index (Phi) is 3.66. The fourth-order valence-electron chi connectivity index (χ4n) is 1.80. The van der Waals surface area contributed by atoms with Gasteiger partial charge < -0.3 is 5.32 Å². The number of nitrogens with zero attached hydrogens (tertiary/aromatic N) is 3. The molecule has 0 aliphatic rings. The normalized spacial score (nSPS) is 10.3. The Labute approximate surface area is 126 Å². The van der Waals surface area contributed by atoms with Gasteiger partial charge in [0, 0.05) is 0 Å². The maximum absolute atomic E-state index is 12.1. The lowest BCUT2D eigenvalue weighted by Crippen LogP contribution is -2.13. The zero-order chi connectivity index (χ0) is 14.7. The van der Waals surface area contributed by atoms with E-state index in [0.29, 0.717) is 10.7 Å². The van der Waals surface area contributed by atoms with E-state index in [4.69, 9.17) is 11.6 Å². The lowest BCUT2D eigenvalue weighted by molar-refractivity contribution is 0.102. The van der Waals surface area contributed by atoms with E-state index in [-0.39, 0.29) is 11.6 Å². The lowest BCUT2D eigenvalue weighted by Gasteiger charge is -2.04. The van der Waals surface area contributed by atoms with Gasteiger partial charge in [0.05, 0.1) is 22.6 Å². The third-order valence-corrected chi connectivity index (χ3v) is 3.16. The van der Waals surface area contributed by atoms with Crippen LogP contribution in [0.5, 0.6) is 0 Å². The molecule has 0 saturated carbocycles. The van der Waals surface area contributed by atoms with E-state index in [9.17, 15) is 4.79 Å². The van der Waals surface area contributed by atoms with Gasteiger partial charge in [-0.15, -0.1) is 5.10 Å². The first-order chi connectivity index (χ1) is 10.2. The summed E-state index contributed by atoms with van der Waals surface area (Å²) < 4.78 is 0. The van der Waals surface area contributed by atoms with Gasteiger partial charge >= 0.3 is 0 Å². The SMILES string of the molecule is O=C(Nc1ccccc1Cl)c1cnn(-c2ccccc2)n1. The second-order valence-corrected chi connectivity index (χ2v) is 4.70. The topological polar surface area (TPSA) is 59.8 Å². The van der Waals surface area contributed by atoms with E-state index < -0.39 is 0 Å². The average molecular weight is 299 g/mol. The summed E-state index contributed by atoms with van der Waals surface area (Å²) in [6, 6.07) is 16.4. The highest BCUT2D eigenvalue weighted by molar-refractivity contribution is 6.33. The van der Waals surface area contributed by atoms with Crippen molar-refractivity contribution in [2.45, 2.75) is 0 Å². The first kappa shape index (κ1) is 13.3. The molecule has 104 valence electrons. The van der Waals surface area contributed by atoms with Gasteiger partial charge in [0.1, 0.15) is 0 Å². The van der Waals surface area contributed by atoms with Crippen LogP contribution in [-0.2, 0) is 0 Å². The van der Waals surface area contributed by atoms with Crippen molar-refractivity contribution in [3.63, 3.8) is 0 Å². The number of carbonyl (C=O) groups excluding carboxylic acids is 1. The van der Waals surface area contributed by atoms with Gasteiger partial charge in [-0.25, -0.2) is 0 Å². The van der Waals surface area contributed by atoms with Crippen LogP contribution < -0.4 is 5.32 Å². The summed E-state index contributed by atoms with van der Waals surface area (Å²) in [7, 11) is 0. The van der Waals surface area contributed by atoms with Crippen LogP contribution in [0, 0.1) is 0 Å². The van der Waals surface area contributed by atoms with Crippen LogP contribution in [-0.4, -0.2) is 20.9 Å². The molecule has 1 heterocycles. The first-order valence-electron chi connectivity index (χ1n) is 6.28. The fraction of sp³-hybridized carbons (Fsp3) is 0. The molecule has 3 rings (SSSR count). The number of hydrogen-bond donors (Lipinski definition) is 1. The lowest BCUT2D eigenvalue weighted by atomic mass is 10.3. The monoisotopic (exact) mass is 298 g/mol. The molecule has 0 radical (unpaired) electrons. The van der Waals surface area contributed by atoms with Gasteiger partial charge in [0.25, 0.3) is 5.91 Å². The Hall–Kier alpha value is -2.66. The number of para-hydroxylation sites is 2. The third kappa shape index (κ3) is 2.93. The molecule has 1 amide bonds. The van der Waals surface area contributed by atoms with E-state index in [2.05, 4.69) is 15.5 Å². The number of nitrogens with one attached hydrogen (secondary N) is 1. The number of amides is 1. The molecule has 0 aliphatic carbocycles. The molecule has 1 N–H and O–H groups in total. The van der Waals surface area contributed by atoms with Crippen LogP contribution in [0.4, 0.5) is 5.69 Å². The molecular formula is C15H11ClN4O. The van der Waals surface area contributed by atoms with Crippen LogP contribution >= 0.6 is 11.6 Å². The van der Waals surface area contributed by atoms with Crippen molar-refractivity contribution in [3.8, 4) is 5.69 Å². The van der Waals surface area contributed by atoms with E-state index in [1.807, 2.05) is 30.3 Å². The molecule has 0 unspecified atom stereocenters. The Morgan fingerprint density at radius 3 is 2.52 bits per heavy atom. The Morgan fingerprint density at radius 1 is 1.05 bits per heavy atom. The standard InChI is InChI=1S/C15H11ClN4O/c16-12-8-4-5-9-13(12)18-15(21)14-10-17-20(19-14)11-6-2-1-3-7-11/h1-10H,(H,18,21). The molecule has 1 aromatic heterocycles. The van der Waals surface area contributed by atoms with Crippen LogP contribution in [0.15, 0.2) is 60.8 Å². The number of aromatic nitrogens is 3. The second kappa shape index (κ2) is 5.76. The van der Waals surface area contributed by atoms with Gasteiger partial charge in [-0.1, -0.05) is 41.9 Å². The number of anilines is 1. The first-order valence-corrected chi connectivity index (χ1v) is 6.65. The van der Waals surface area contributed by atoms with Crippen LogP contribution in [0.3, 0.4) is 0 Å². The fourth-order valence-corrected chi connectivity index (χ4v) is 1.98. The molecule has 0 spiro atoms. The summed E-state index contributed by atoms with van der Waals surface area (Å²) in [5.74, 6) is -0.356. The summed E-state index contributed by atoms with van der Waals surface area (Å²) in [5.41, 5.74) is 1.55. The minimum atomic E-state index is -0.356. The summed E-state index contributed by atoms with van der Waals surface area (Å²) in [6.07, 6.45) is 1.42. The molecule has 0 aliphatic heterocycles. The van der Waals surface area contributed by atoms with Gasteiger partial charge in [-0.05, 0) is 24.3 Å². The maximum Gasteiger partial charge on any atom is 0.277 e. The van der Waals surface area contributed by atoms with Crippen LogP contribution in [0.1, 0.15) is 10.5 Å². The van der Waals surface area contributed by atoms with Gasteiger partial charge in [0.2, 0.25) is 0 Å². The molecule has 0 bridgehead atoms. The summed E-state index contributed by atoms with van der Waals surface area (Å²) >= 11 is 6.00. The third-order valence-electron chi connectivity index (χ3n) is 2.83. The molecule has 2 aromatic carbocycles. The van der Waals surface area contributed by atoms with Gasteiger partial charge in [-0.2, -0.15) is 9.90 Å². The Bertz CT molecular complexity index is 770. The zero-order valence-electron chi connectivity index (χ0n) is 10.9. The number of rotatable bonds is 3. The zero-order valence-corrected chi connectivity index (χ0v) is 11.7. The second-order valence-electron chi connectivity index (χ2n) is 4.29. The highest BCUT2D eigenvalue weighted by atomic mass is 35.5. The maximum atomic E-state index is 12.1. The molecule has 3 aromatic rings. The van der Waals surface area contributed by atoms with Crippen LogP contribution in [0.2, 0.25) is 5.02 Å². The molecule has 0 saturated heterocycles. The Morgan fingerprint density at radius 2 is 1.76 bits per heavy atom. The minimum absolute atomic E-state index is 0.221. The molecule has 0 atom stereocenters. The van der Waals surface area contributed by atoms with Crippen molar-refractivity contribution in [2.24, 2.45) is 0 Å². The van der Waals surface area contributed by atoms with Crippen LogP contribution in [0.25, 0.3) is 5.69 Å². The quantitative estimate of drug-likeness (QED) is 0.808. The highest BCUT2D eigenvalue weighted by Crippen LogP contribution is 2.20.